The Hall–Kier alpha value is -2.36. The first-order valence-electron chi connectivity index (χ1n) is 6.59. The van der Waals surface area contributed by atoms with Crippen LogP contribution in [0.1, 0.15) is 11.1 Å². The number of rotatable bonds is 3. The van der Waals surface area contributed by atoms with Gasteiger partial charge in [-0.25, -0.2) is 4.39 Å². The van der Waals surface area contributed by atoms with E-state index in [1.54, 1.807) is 6.07 Å². The first kappa shape index (κ1) is 12.7. The van der Waals surface area contributed by atoms with Crippen LogP contribution >= 0.6 is 0 Å². The topological polar surface area (TPSA) is 41.1 Å². The molecule has 1 aliphatic rings. The maximum absolute atomic E-state index is 13.1. The van der Waals surface area contributed by atoms with Crippen molar-refractivity contribution in [2.45, 2.75) is 19.0 Å². The van der Waals surface area contributed by atoms with Crippen molar-refractivity contribution in [1.29, 1.82) is 0 Å². The number of nitrogens with one attached hydrogen (secondary N) is 2. The number of halogens is 1. The molecule has 1 unspecified atom stereocenters. The number of carbonyl (C=O) groups is 1. The fraction of sp³-hybridized carbons (Fsp3) is 0.188. The monoisotopic (exact) mass is 270 g/mol. The Morgan fingerprint density at radius 2 is 2.05 bits per heavy atom. The van der Waals surface area contributed by atoms with Crippen molar-refractivity contribution in [3.8, 4) is 0 Å². The molecule has 0 saturated carbocycles. The molecule has 0 bridgehead atoms. The molecular formula is C16H15FN2O. The Labute approximate surface area is 116 Å². The molecule has 0 saturated heterocycles. The van der Waals surface area contributed by atoms with Gasteiger partial charge in [0.2, 0.25) is 5.91 Å². The highest BCUT2D eigenvalue weighted by Gasteiger charge is 2.26. The van der Waals surface area contributed by atoms with Crippen molar-refractivity contribution in [1.82, 2.24) is 5.32 Å². The van der Waals surface area contributed by atoms with Crippen LogP contribution in [0.2, 0.25) is 0 Å². The number of fused-ring (bicyclic) bond motifs is 1. The molecular weight excluding hydrogens is 255 g/mol. The van der Waals surface area contributed by atoms with Crippen molar-refractivity contribution < 1.29 is 9.18 Å². The van der Waals surface area contributed by atoms with Gasteiger partial charge in [-0.1, -0.05) is 30.3 Å². The van der Waals surface area contributed by atoms with E-state index in [1.807, 2.05) is 30.3 Å². The van der Waals surface area contributed by atoms with E-state index in [4.69, 9.17) is 0 Å². The summed E-state index contributed by atoms with van der Waals surface area (Å²) in [7, 11) is 0. The SMILES string of the molecule is O=C(NCc1ccccc1)C1Cc2cc(F)ccc2N1. The maximum atomic E-state index is 13.1. The Morgan fingerprint density at radius 3 is 2.85 bits per heavy atom. The van der Waals surface area contributed by atoms with E-state index < -0.39 is 0 Å². The summed E-state index contributed by atoms with van der Waals surface area (Å²) >= 11 is 0. The molecule has 1 atom stereocenters. The van der Waals surface area contributed by atoms with E-state index in [9.17, 15) is 9.18 Å². The lowest BCUT2D eigenvalue weighted by molar-refractivity contribution is -0.121. The molecule has 0 radical (unpaired) electrons. The van der Waals surface area contributed by atoms with Gasteiger partial charge in [-0.3, -0.25) is 4.79 Å². The summed E-state index contributed by atoms with van der Waals surface area (Å²) in [4.78, 5) is 12.1. The lowest BCUT2D eigenvalue weighted by Crippen LogP contribution is -2.38. The lowest BCUT2D eigenvalue weighted by atomic mass is 10.1. The minimum Gasteiger partial charge on any atom is -0.373 e. The summed E-state index contributed by atoms with van der Waals surface area (Å²) < 4.78 is 13.1. The van der Waals surface area contributed by atoms with Gasteiger partial charge in [-0.2, -0.15) is 0 Å². The Kier molecular flexibility index (Phi) is 3.37. The Morgan fingerprint density at radius 1 is 1.25 bits per heavy atom. The van der Waals surface area contributed by atoms with E-state index in [1.165, 1.54) is 12.1 Å². The maximum Gasteiger partial charge on any atom is 0.243 e. The summed E-state index contributed by atoms with van der Waals surface area (Å²) in [5.41, 5.74) is 2.75. The molecule has 2 aromatic rings. The molecule has 1 amide bonds. The Balaban J connectivity index is 1.60. The van der Waals surface area contributed by atoms with Gasteiger partial charge in [0, 0.05) is 18.7 Å². The quantitative estimate of drug-likeness (QED) is 0.899. The molecule has 0 aromatic heterocycles. The third-order valence-corrected chi connectivity index (χ3v) is 3.45. The number of hydrogen-bond acceptors (Lipinski definition) is 2. The van der Waals surface area contributed by atoms with Crippen LogP contribution in [0.3, 0.4) is 0 Å². The third-order valence-electron chi connectivity index (χ3n) is 3.45. The number of carbonyl (C=O) groups excluding carboxylic acids is 1. The first-order valence-corrected chi connectivity index (χ1v) is 6.59. The van der Waals surface area contributed by atoms with Crippen LogP contribution in [0.25, 0.3) is 0 Å². The fourth-order valence-electron chi connectivity index (χ4n) is 2.40. The highest BCUT2D eigenvalue weighted by atomic mass is 19.1. The second kappa shape index (κ2) is 5.33. The molecule has 1 heterocycles. The predicted molar refractivity (Wildman–Crippen MR) is 75.8 cm³/mol. The van der Waals surface area contributed by atoms with Crippen molar-refractivity contribution in [2.75, 3.05) is 5.32 Å². The molecule has 2 N–H and O–H groups in total. The highest BCUT2D eigenvalue weighted by molar-refractivity contribution is 5.87. The van der Waals surface area contributed by atoms with E-state index in [0.29, 0.717) is 13.0 Å². The average molecular weight is 270 g/mol. The summed E-state index contributed by atoms with van der Waals surface area (Å²) in [6, 6.07) is 14.0. The van der Waals surface area contributed by atoms with Gasteiger partial charge in [0.1, 0.15) is 11.9 Å². The first-order chi connectivity index (χ1) is 9.72. The van der Waals surface area contributed by atoms with Crippen LogP contribution in [-0.2, 0) is 17.8 Å². The summed E-state index contributed by atoms with van der Waals surface area (Å²) in [6.07, 6.45) is 0.522. The molecule has 1 aliphatic heterocycles. The minimum absolute atomic E-state index is 0.0644. The molecule has 3 rings (SSSR count). The lowest BCUT2D eigenvalue weighted by Gasteiger charge is -2.11. The van der Waals surface area contributed by atoms with E-state index >= 15 is 0 Å². The average Bonchev–Trinajstić information content (AvgIpc) is 2.89. The van der Waals surface area contributed by atoms with Gasteiger partial charge in [-0.05, 0) is 29.3 Å². The standard InChI is InChI=1S/C16H15FN2O/c17-13-6-7-14-12(8-13)9-15(19-14)16(20)18-10-11-4-2-1-3-5-11/h1-8,15,19H,9-10H2,(H,18,20). The molecule has 0 aliphatic carbocycles. The van der Waals surface area contributed by atoms with Crippen LogP contribution in [-0.4, -0.2) is 11.9 Å². The zero-order valence-electron chi connectivity index (χ0n) is 10.9. The van der Waals surface area contributed by atoms with Crippen LogP contribution in [0.5, 0.6) is 0 Å². The summed E-state index contributed by atoms with van der Waals surface area (Å²) in [5.74, 6) is -0.332. The van der Waals surface area contributed by atoms with Crippen molar-refractivity contribution >= 4 is 11.6 Å². The van der Waals surface area contributed by atoms with Gasteiger partial charge >= 0.3 is 0 Å². The van der Waals surface area contributed by atoms with Crippen LogP contribution in [0.15, 0.2) is 48.5 Å². The molecule has 0 fully saturated rings. The number of hydrogen-bond donors (Lipinski definition) is 2. The number of anilines is 1. The van der Waals surface area contributed by atoms with E-state index in [-0.39, 0.29) is 17.8 Å². The second-order valence-corrected chi connectivity index (χ2v) is 4.91. The van der Waals surface area contributed by atoms with Gasteiger partial charge in [0.05, 0.1) is 0 Å². The fourth-order valence-corrected chi connectivity index (χ4v) is 2.40. The molecule has 4 heteroatoms. The second-order valence-electron chi connectivity index (χ2n) is 4.91. The van der Waals surface area contributed by atoms with Crippen molar-refractivity contribution in [3.63, 3.8) is 0 Å². The van der Waals surface area contributed by atoms with Crippen LogP contribution in [0, 0.1) is 5.82 Å². The van der Waals surface area contributed by atoms with Gasteiger partial charge in [0.15, 0.2) is 0 Å². The smallest absolute Gasteiger partial charge is 0.243 e. The van der Waals surface area contributed by atoms with Crippen molar-refractivity contribution in [3.05, 3.63) is 65.5 Å². The summed E-state index contributed by atoms with van der Waals surface area (Å²) in [6.45, 7) is 0.503. The zero-order chi connectivity index (χ0) is 13.9. The molecule has 3 nitrogen and oxygen atoms in total. The third kappa shape index (κ3) is 2.64. The number of amides is 1. The number of benzene rings is 2. The Bertz CT molecular complexity index is 628. The van der Waals surface area contributed by atoms with Gasteiger partial charge in [-0.15, -0.1) is 0 Å². The molecule has 2 aromatic carbocycles. The highest BCUT2D eigenvalue weighted by Crippen LogP contribution is 2.26. The molecule has 102 valence electrons. The zero-order valence-corrected chi connectivity index (χ0v) is 10.9. The van der Waals surface area contributed by atoms with Gasteiger partial charge < -0.3 is 10.6 Å². The molecule has 20 heavy (non-hydrogen) atoms. The largest absolute Gasteiger partial charge is 0.373 e. The van der Waals surface area contributed by atoms with E-state index in [2.05, 4.69) is 10.6 Å². The molecule has 0 spiro atoms. The normalized spacial score (nSPS) is 16.4. The van der Waals surface area contributed by atoms with E-state index in [0.717, 1.165) is 16.8 Å². The van der Waals surface area contributed by atoms with Crippen LogP contribution in [0.4, 0.5) is 10.1 Å². The van der Waals surface area contributed by atoms with Crippen molar-refractivity contribution in [2.24, 2.45) is 0 Å². The predicted octanol–water partition coefficient (Wildman–Crippen LogP) is 2.48. The van der Waals surface area contributed by atoms with Crippen LogP contribution < -0.4 is 10.6 Å². The van der Waals surface area contributed by atoms with Gasteiger partial charge in [0.25, 0.3) is 0 Å². The minimum atomic E-state index is -0.324. The summed E-state index contributed by atoms with van der Waals surface area (Å²) in [5, 5.41) is 6.01.